The molecule has 0 spiro atoms. The number of ether oxygens (including phenoxy) is 4. The lowest BCUT2D eigenvalue weighted by Gasteiger charge is -2.51. The van der Waals surface area contributed by atoms with E-state index in [1.165, 1.54) is 0 Å². The summed E-state index contributed by atoms with van der Waals surface area (Å²) in [6.45, 7) is 15.0. The van der Waals surface area contributed by atoms with E-state index in [0.29, 0.717) is 0 Å². The predicted octanol–water partition coefficient (Wildman–Crippen LogP) is 4.77. The Morgan fingerprint density at radius 1 is 0.629 bits per heavy atom. The molecule has 0 saturated heterocycles. The lowest BCUT2D eigenvalue weighted by atomic mass is 9.51. The summed E-state index contributed by atoms with van der Waals surface area (Å²) in [6.07, 6.45) is -0.0627. The van der Waals surface area contributed by atoms with Crippen LogP contribution in [0.3, 0.4) is 0 Å². The van der Waals surface area contributed by atoms with Gasteiger partial charge in [0.2, 0.25) is 0 Å². The summed E-state index contributed by atoms with van der Waals surface area (Å²) in [5.74, 6) is -3.91. The zero-order valence-corrected chi connectivity index (χ0v) is 24.0. The Morgan fingerprint density at radius 2 is 0.943 bits per heavy atom. The van der Waals surface area contributed by atoms with Crippen LogP contribution < -0.4 is 0 Å². The van der Waals surface area contributed by atoms with Crippen LogP contribution in [0.4, 0.5) is 0 Å². The van der Waals surface area contributed by atoms with Gasteiger partial charge in [0.1, 0.15) is 0 Å². The molecule has 0 amide bonds. The molecule has 0 aromatic rings. The van der Waals surface area contributed by atoms with Gasteiger partial charge in [0, 0.05) is 0 Å². The number of rotatable bonds is 13. The summed E-state index contributed by atoms with van der Waals surface area (Å²) in [5.41, 5.74) is -4.35. The molecule has 0 aromatic carbocycles. The average Bonchev–Trinajstić information content (AvgIpc) is 2.83. The minimum Gasteiger partial charge on any atom is -0.465 e. The Kier molecular flexibility index (Phi) is 11.9. The summed E-state index contributed by atoms with van der Waals surface area (Å²) >= 11 is 0. The van der Waals surface area contributed by atoms with Gasteiger partial charge in [-0.25, -0.2) is 0 Å². The Hall–Kier alpha value is -1.90. The van der Waals surface area contributed by atoms with E-state index in [-0.39, 0.29) is 51.1 Å². The molecule has 0 aromatic heterocycles. The van der Waals surface area contributed by atoms with E-state index in [4.69, 9.17) is 18.9 Å². The highest BCUT2D eigenvalue weighted by Crippen LogP contribution is 2.59. The van der Waals surface area contributed by atoms with Crippen LogP contribution in [0.15, 0.2) is 0 Å². The lowest BCUT2D eigenvalue weighted by molar-refractivity contribution is -0.213. The molecule has 0 aliphatic heterocycles. The number of carbonyl (C=O) groups is 4. The van der Waals surface area contributed by atoms with Gasteiger partial charge in [-0.1, -0.05) is 51.9 Å². The molecule has 0 bridgehead atoms. The zero-order valence-electron chi connectivity index (χ0n) is 23.0. The van der Waals surface area contributed by atoms with Gasteiger partial charge in [0.05, 0.1) is 34.5 Å². The number of hydrogen-bond acceptors (Lipinski definition) is 8. The van der Waals surface area contributed by atoms with Gasteiger partial charge in [-0.3, -0.25) is 19.2 Å². The molecule has 0 heterocycles. The zero-order chi connectivity index (χ0) is 26.9. The standard InChI is InChI=1S/C26H46O8Si/c1-9-31-21(27)25(22(28)32-10-2)16-19(8)20(18-35(13-5,14-6)15-7)17-26(25,23(29)33-11-3)24(30)34-12-4/h19-20H,9-18H2,1-8H3/t19-,20-/m0/s1. The summed E-state index contributed by atoms with van der Waals surface area (Å²) < 4.78 is 21.6. The van der Waals surface area contributed by atoms with Gasteiger partial charge in [0.15, 0.2) is 10.8 Å². The van der Waals surface area contributed by atoms with Crippen LogP contribution in [-0.4, -0.2) is 58.4 Å². The first-order chi connectivity index (χ1) is 16.6. The van der Waals surface area contributed by atoms with Crippen molar-refractivity contribution in [2.75, 3.05) is 26.4 Å². The maximum Gasteiger partial charge on any atom is 0.325 e. The van der Waals surface area contributed by atoms with Crippen LogP contribution in [0, 0.1) is 22.7 Å². The van der Waals surface area contributed by atoms with Gasteiger partial charge in [-0.15, -0.1) is 0 Å². The van der Waals surface area contributed by atoms with Crippen molar-refractivity contribution in [1.82, 2.24) is 0 Å². The largest absolute Gasteiger partial charge is 0.465 e. The quantitative estimate of drug-likeness (QED) is 0.150. The average molecular weight is 515 g/mol. The van der Waals surface area contributed by atoms with Crippen LogP contribution in [0.2, 0.25) is 24.2 Å². The van der Waals surface area contributed by atoms with Gasteiger partial charge < -0.3 is 18.9 Å². The molecule has 35 heavy (non-hydrogen) atoms. The minimum absolute atomic E-state index is 0.0144. The third kappa shape index (κ3) is 5.75. The summed E-state index contributed by atoms with van der Waals surface area (Å²) in [7, 11) is -1.68. The monoisotopic (exact) mass is 514 g/mol. The predicted molar refractivity (Wildman–Crippen MR) is 135 cm³/mol. The fraction of sp³-hybridized carbons (Fsp3) is 0.846. The van der Waals surface area contributed by atoms with E-state index in [9.17, 15) is 19.2 Å². The normalized spacial score (nSPS) is 21.0. The molecule has 202 valence electrons. The number of hydrogen-bond donors (Lipinski definition) is 0. The van der Waals surface area contributed by atoms with Crippen LogP contribution in [0.25, 0.3) is 0 Å². The molecule has 8 nitrogen and oxygen atoms in total. The minimum atomic E-state index is -2.18. The summed E-state index contributed by atoms with van der Waals surface area (Å²) in [6, 6.07) is 4.13. The Morgan fingerprint density at radius 3 is 1.23 bits per heavy atom. The molecule has 0 radical (unpaired) electrons. The smallest absolute Gasteiger partial charge is 0.325 e. The summed E-state index contributed by atoms with van der Waals surface area (Å²) in [5, 5.41) is 0. The molecular weight excluding hydrogens is 468 g/mol. The summed E-state index contributed by atoms with van der Waals surface area (Å²) in [4.78, 5) is 54.8. The van der Waals surface area contributed by atoms with Crippen LogP contribution >= 0.6 is 0 Å². The topological polar surface area (TPSA) is 105 Å². The van der Waals surface area contributed by atoms with Gasteiger partial charge in [0.25, 0.3) is 0 Å². The van der Waals surface area contributed by atoms with Gasteiger partial charge >= 0.3 is 23.9 Å². The SMILES string of the molecule is CCOC(=O)C1(C(=O)OCC)C[C@@H](C[Si](CC)(CC)CC)[C@@H](C)CC1(C(=O)OCC)C(=O)OCC. The van der Waals surface area contributed by atoms with Crippen molar-refractivity contribution in [3.63, 3.8) is 0 Å². The van der Waals surface area contributed by atoms with E-state index >= 15 is 0 Å². The van der Waals surface area contributed by atoms with E-state index in [2.05, 4.69) is 20.8 Å². The second kappa shape index (κ2) is 13.4. The van der Waals surface area contributed by atoms with Crippen LogP contribution in [-0.2, 0) is 38.1 Å². The van der Waals surface area contributed by atoms with E-state index in [0.717, 1.165) is 24.2 Å². The van der Waals surface area contributed by atoms with Crippen molar-refractivity contribution in [2.24, 2.45) is 22.7 Å². The number of carbonyl (C=O) groups excluding carboxylic acids is 4. The highest BCUT2D eigenvalue weighted by molar-refractivity contribution is 6.79. The third-order valence-electron chi connectivity index (χ3n) is 8.17. The van der Waals surface area contributed by atoms with Crippen LogP contribution in [0.5, 0.6) is 0 Å². The maximum atomic E-state index is 13.8. The maximum absolute atomic E-state index is 13.8. The molecule has 0 N–H and O–H groups in total. The van der Waals surface area contributed by atoms with Crippen molar-refractivity contribution in [1.29, 1.82) is 0 Å². The molecule has 1 aliphatic carbocycles. The second-order valence-electron chi connectivity index (χ2n) is 9.60. The first-order valence-corrected chi connectivity index (χ1v) is 16.1. The van der Waals surface area contributed by atoms with Gasteiger partial charge in [-0.05, 0) is 52.4 Å². The molecule has 1 fully saturated rings. The second-order valence-corrected chi connectivity index (χ2v) is 15.1. The first-order valence-electron chi connectivity index (χ1n) is 13.2. The Balaban J connectivity index is 3.95. The Bertz CT molecular complexity index is 701. The molecule has 1 aliphatic rings. The van der Waals surface area contributed by atoms with E-state index < -0.39 is 42.8 Å². The molecule has 0 unspecified atom stereocenters. The van der Waals surface area contributed by atoms with Crippen molar-refractivity contribution in [2.45, 2.75) is 92.4 Å². The van der Waals surface area contributed by atoms with Crippen molar-refractivity contribution in [3.8, 4) is 0 Å². The molecule has 9 heteroatoms. The fourth-order valence-electron chi connectivity index (χ4n) is 5.82. The molecule has 2 atom stereocenters. The van der Waals surface area contributed by atoms with Crippen molar-refractivity contribution >= 4 is 32.0 Å². The lowest BCUT2D eigenvalue weighted by Crippen LogP contribution is -2.66. The Labute approximate surface area is 211 Å². The molecule has 1 saturated carbocycles. The van der Waals surface area contributed by atoms with Crippen molar-refractivity contribution in [3.05, 3.63) is 0 Å². The molecular formula is C26H46O8Si. The third-order valence-corrected chi connectivity index (χ3v) is 14.1. The highest BCUT2D eigenvalue weighted by atomic mass is 28.3. The highest BCUT2D eigenvalue weighted by Gasteiger charge is 2.75. The van der Waals surface area contributed by atoms with E-state index in [1.54, 1.807) is 27.7 Å². The number of esters is 4. The first kappa shape index (κ1) is 31.1. The fourth-order valence-corrected chi connectivity index (χ4v) is 9.84. The van der Waals surface area contributed by atoms with Crippen LogP contribution in [0.1, 0.15) is 68.2 Å². The van der Waals surface area contributed by atoms with Crippen molar-refractivity contribution < 1.29 is 38.1 Å². The molecule has 1 rings (SSSR count). The van der Waals surface area contributed by atoms with E-state index in [1.807, 2.05) is 6.92 Å². The van der Waals surface area contributed by atoms with Gasteiger partial charge in [-0.2, -0.15) is 0 Å².